The Hall–Kier alpha value is -3.08. The lowest BCUT2D eigenvalue weighted by Crippen LogP contribution is -2.27. The average molecular weight is 587 g/mol. The van der Waals surface area contributed by atoms with Crippen LogP contribution in [-0.4, -0.2) is 90.9 Å². The minimum absolute atomic E-state index is 0.137. The maximum absolute atomic E-state index is 11.2. The third-order valence-corrected chi connectivity index (χ3v) is 6.23. The van der Waals surface area contributed by atoms with E-state index in [-0.39, 0.29) is 18.7 Å². The number of fused-ring (bicyclic) bond motifs is 2. The molecule has 1 amide bonds. The van der Waals surface area contributed by atoms with Crippen molar-refractivity contribution in [2.75, 3.05) is 78.5 Å². The van der Waals surface area contributed by atoms with Gasteiger partial charge in [0.25, 0.3) is 0 Å². The quantitative estimate of drug-likeness (QED) is 0.155. The summed E-state index contributed by atoms with van der Waals surface area (Å²) in [5.74, 6) is -0.137. The second kappa shape index (κ2) is 25.6. The Balaban J connectivity index is 0.000000408. The summed E-state index contributed by atoms with van der Waals surface area (Å²) in [6, 6.07) is 17.5. The minimum atomic E-state index is -0.137. The summed E-state index contributed by atoms with van der Waals surface area (Å²) < 4.78 is 21.2. The first-order valence-electron chi connectivity index (χ1n) is 14.6. The van der Waals surface area contributed by atoms with Crippen molar-refractivity contribution in [2.45, 2.75) is 38.6 Å². The van der Waals surface area contributed by atoms with Gasteiger partial charge in [-0.15, -0.1) is 6.58 Å². The smallest absolute Gasteiger partial charge is 0.220 e. The van der Waals surface area contributed by atoms with E-state index >= 15 is 0 Å². The molecule has 0 atom stereocenters. The Morgan fingerprint density at radius 3 is 1.95 bits per heavy atom. The van der Waals surface area contributed by atoms with E-state index in [1.54, 1.807) is 0 Å². The van der Waals surface area contributed by atoms with Gasteiger partial charge < -0.3 is 39.1 Å². The number of nitrogens with zero attached hydrogens (tertiary/aromatic N) is 1. The average Bonchev–Trinajstić information content (AvgIpc) is 3.02. The van der Waals surface area contributed by atoms with Crippen molar-refractivity contribution in [1.82, 2.24) is 5.32 Å². The fourth-order valence-electron chi connectivity index (χ4n) is 4.13. The van der Waals surface area contributed by atoms with Crippen LogP contribution < -0.4 is 10.2 Å². The Morgan fingerprint density at radius 1 is 0.810 bits per heavy atom. The molecule has 0 fully saturated rings. The number of aliphatic hydroxyl groups is 1. The molecule has 2 aromatic carbocycles. The first kappa shape index (κ1) is 36.9. The summed E-state index contributed by atoms with van der Waals surface area (Å²) in [5.41, 5.74) is 5.80. The van der Waals surface area contributed by atoms with Crippen LogP contribution >= 0.6 is 0 Å². The number of para-hydroxylation sites is 1. The third kappa shape index (κ3) is 17.0. The fraction of sp³-hybridized carbons (Fsp3) is 0.515. The Bertz CT molecular complexity index is 986. The molecule has 9 nitrogen and oxygen atoms in total. The SMILES string of the molecule is C=CCCOCCOCCOCCOCCNC(=O)CCC=O.CN1Cc2ccccc2CCc2ccccc21.CO. The first-order valence-corrected chi connectivity index (χ1v) is 14.6. The molecule has 3 rings (SSSR count). The van der Waals surface area contributed by atoms with E-state index in [1.807, 2.05) is 6.08 Å². The van der Waals surface area contributed by atoms with Gasteiger partial charge in [0.15, 0.2) is 0 Å². The highest BCUT2D eigenvalue weighted by Gasteiger charge is 2.13. The predicted molar refractivity (Wildman–Crippen MR) is 167 cm³/mol. The lowest BCUT2D eigenvalue weighted by Gasteiger charge is -2.26. The summed E-state index contributed by atoms with van der Waals surface area (Å²) in [5, 5.41) is 9.66. The van der Waals surface area contributed by atoms with Crippen molar-refractivity contribution in [3.63, 3.8) is 0 Å². The maximum atomic E-state index is 11.2. The van der Waals surface area contributed by atoms with E-state index in [9.17, 15) is 9.59 Å². The lowest BCUT2D eigenvalue weighted by molar-refractivity contribution is -0.122. The summed E-state index contributed by atoms with van der Waals surface area (Å²) in [7, 11) is 3.18. The van der Waals surface area contributed by atoms with Crippen LogP contribution in [0.3, 0.4) is 0 Å². The Labute approximate surface area is 251 Å². The van der Waals surface area contributed by atoms with Gasteiger partial charge >= 0.3 is 0 Å². The van der Waals surface area contributed by atoms with Crippen LogP contribution in [0.5, 0.6) is 0 Å². The zero-order chi connectivity index (χ0) is 30.7. The van der Waals surface area contributed by atoms with E-state index in [2.05, 4.69) is 72.4 Å². The van der Waals surface area contributed by atoms with Crippen molar-refractivity contribution >= 4 is 17.9 Å². The van der Waals surface area contributed by atoms with Crippen LogP contribution in [-0.2, 0) is 47.9 Å². The molecule has 0 saturated heterocycles. The fourth-order valence-corrected chi connectivity index (χ4v) is 4.13. The number of rotatable bonds is 18. The van der Waals surface area contributed by atoms with E-state index < -0.39 is 0 Å². The number of hydrogen-bond donors (Lipinski definition) is 2. The monoisotopic (exact) mass is 586 g/mol. The highest BCUT2D eigenvalue weighted by atomic mass is 16.6. The second-order valence-corrected chi connectivity index (χ2v) is 9.34. The van der Waals surface area contributed by atoms with E-state index in [4.69, 9.17) is 24.1 Å². The second-order valence-electron chi connectivity index (χ2n) is 9.34. The van der Waals surface area contributed by atoms with Crippen molar-refractivity contribution in [3.05, 3.63) is 77.9 Å². The number of anilines is 1. The molecule has 0 unspecified atom stereocenters. The Morgan fingerprint density at radius 2 is 1.33 bits per heavy atom. The van der Waals surface area contributed by atoms with Gasteiger partial charge in [-0.2, -0.15) is 0 Å². The molecule has 2 aromatic rings. The van der Waals surface area contributed by atoms with Gasteiger partial charge in [-0.05, 0) is 42.0 Å². The zero-order valence-corrected chi connectivity index (χ0v) is 25.4. The van der Waals surface area contributed by atoms with Crippen LogP contribution in [0, 0.1) is 0 Å². The summed E-state index contributed by atoms with van der Waals surface area (Å²) in [4.78, 5) is 23.6. The highest BCUT2D eigenvalue weighted by Crippen LogP contribution is 2.26. The van der Waals surface area contributed by atoms with Gasteiger partial charge in [0, 0.05) is 45.8 Å². The number of benzene rings is 2. The van der Waals surface area contributed by atoms with Crippen LogP contribution in [0.1, 0.15) is 36.0 Å². The zero-order valence-electron chi connectivity index (χ0n) is 25.4. The molecule has 1 heterocycles. The van der Waals surface area contributed by atoms with Crippen LogP contribution in [0.15, 0.2) is 61.2 Å². The van der Waals surface area contributed by atoms with E-state index in [0.29, 0.717) is 59.4 Å². The number of aldehydes is 1. The lowest BCUT2D eigenvalue weighted by atomic mass is 9.96. The number of aryl methyl sites for hydroxylation is 2. The van der Waals surface area contributed by atoms with Gasteiger partial charge in [0.1, 0.15) is 6.29 Å². The molecular formula is C33H50N2O7. The molecule has 1 aliphatic heterocycles. The van der Waals surface area contributed by atoms with Gasteiger partial charge in [0.2, 0.25) is 5.91 Å². The van der Waals surface area contributed by atoms with E-state index in [1.165, 1.54) is 22.4 Å². The molecule has 42 heavy (non-hydrogen) atoms. The van der Waals surface area contributed by atoms with Gasteiger partial charge in [0.05, 0.1) is 52.9 Å². The molecule has 0 spiro atoms. The normalized spacial score (nSPS) is 11.7. The molecule has 9 heteroatoms. The van der Waals surface area contributed by atoms with Crippen LogP contribution in [0.25, 0.3) is 0 Å². The van der Waals surface area contributed by atoms with Gasteiger partial charge in [-0.25, -0.2) is 0 Å². The molecule has 2 N–H and O–H groups in total. The third-order valence-electron chi connectivity index (χ3n) is 6.23. The number of carbonyl (C=O) groups excluding carboxylic acids is 2. The molecular weight excluding hydrogens is 536 g/mol. The number of amides is 1. The van der Waals surface area contributed by atoms with Gasteiger partial charge in [-0.1, -0.05) is 48.5 Å². The van der Waals surface area contributed by atoms with Crippen LogP contribution in [0.4, 0.5) is 5.69 Å². The van der Waals surface area contributed by atoms with Gasteiger partial charge in [-0.3, -0.25) is 4.79 Å². The predicted octanol–water partition coefficient (Wildman–Crippen LogP) is 3.75. The molecule has 0 radical (unpaired) electrons. The number of aliphatic hydroxyl groups excluding tert-OH is 1. The van der Waals surface area contributed by atoms with Crippen molar-refractivity contribution < 1.29 is 33.6 Å². The summed E-state index contributed by atoms with van der Waals surface area (Å²) in [6.07, 6.45) is 6.17. The van der Waals surface area contributed by atoms with Crippen molar-refractivity contribution in [1.29, 1.82) is 0 Å². The standard InChI is InChI=1S/C16H29NO6.C16H17N.CH4O/c1-2-3-8-20-10-12-22-14-15-23-13-11-21-9-6-17-16(19)5-4-7-18;1-17-12-15-8-3-2-6-13(15)10-11-14-7-4-5-9-16(14)17;1-2/h2,7H,1,3-6,8-15H2,(H,17,19);2-9H,10-12H2,1H3;2H,1H3. The molecule has 0 saturated carbocycles. The topological polar surface area (TPSA) is 107 Å². The largest absolute Gasteiger partial charge is 0.400 e. The Kier molecular flexibility index (Phi) is 22.5. The molecule has 0 aromatic heterocycles. The highest BCUT2D eigenvalue weighted by molar-refractivity contribution is 5.77. The number of nitrogens with one attached hydrogen (secondary N) is 1. The molecule has 234 valence electrons. The van der Waals surface area contributed by atoms with Crippen LogP contribution in [0.2, 0.25) is 0 Å². The molecule has 0 bridgehead atoms. The van der Waals surface area contributed by atoms with Crippen molar-refractivity contribution in [2.24, 2.45) is 0 Å². The number of ether oxygens (including phenoxy) is 4. The molecule has 0 aliphatic carbocycles. The maximum Gasteiger partial charge on any atom is 0.220 e. The summed E-state index contributed by atoms with van der Waals surface area (Å²) in [6.45, 7) is 9.28. The summed E-state index contributed by atoms with van der Waals surface area (Å²) >= 11 is 0. The molecule has 1 aliphatic rings. The van der Waals surface area contributed by atoms with E-state index in [0.717, 1.165) is 39.2 Å². The number of hydrogen-bond acceptors (Lipinski definition) is 8. The number of carbonyl (C=O) groups is 2. The first-order chi connectivity index (χ1) is 20.7. The minimum Gasteiger partial charge on any atom is -0.400 e. The van der Waals surface area contributed by atoms with Crippen molar-refractivity contribution in [3.8, 4) is 0 Å².